The first-order chi connectivity index (χ1) is 8.63. The molecular weight excluding hydrogens is 266 g/mol. The Morgan fingerprint density at radius 3 is 2.83 bits per heavy atom. The molecule has 1 aromatic heterocycles. The molecule has 0 amide bonds. The molecule has 0 aliphatic rings. The van der Waals surface area contributed by atoms with Crippen LogP contribution in [-0.4, -0.2) is 21.8 Å². The Labute approximate surface area is 115 Å². The quantitative estimate of drug-likeness (QED) is 0.661. The zero-order valence-corrected chi connectivity index (χ0v) is 11.6. The van der Waals surface area contributed by atoms with Crippen LogP contribution in [0.1, 0.15) is 23.8 Å². The van der Waals surface area contributed by atoms with Gasteiger partial charge in [0.2, 0.25) is 0 Å². The fourth-order valence-electron chi connectivity index (χ4n) is 1.63. The molecule has 0 fully saturated rings. The van der Waals surface area contributed by atoms with Gasteiger partial charge in [0.05, 0.1) is 5.52 Å². The minimum atomic E-state index is -1.02. The molecule has 0 spiro atoms. The lowest BCUT2D eigenvalue weighted by atomic mass is 10.2. The van der Waals surface area contributed by atoms with E-state index in [2.05, 4.69) is 24.5 Å². The predicted octanol–water partition coefficient (Wildman–Crippen LogP) is 3.72. The zero-order chi connectivity index (χ0) is 13.1. The van der Waals surface area contributed by atoms with Crippen molar-refractivity contribution in [1.29, 1.82) is 0 Å². The molecular formula is C13H13NO2S2. The van der Waals surface area contributed by atoms with Crippen LogP contribution in [0.5, 0.6) is 0 Å². The van der Waals surface area contributed by atoms with E-state index in [1.807, 2.05) is 18.2 Å². The van der Waals surface area contributed by atoms with Crippen molar-refractivity contribution in [2.75, 3.05) is 5.75 Å². The van der Waals surface area contributed by atoms with Crippen LogP contribution in [0.4, 0.5) is 0 Å². The maximum atomic E-state index is 10.9. The monoisotopic (exact) mass is 279 g/mol. The van der Waals surface area contributed by atoms with Crippen LogP contribution >= 0.6 is 24.4 Å². The normalized spacial score (nSPS) is 10.8. The smallest absolute Gasteiger partial charge is 0.354 e. The van der Waals surface area contributed by atoms with Gasteiger partial charge in [-0.25, -0.2) is 9.78 Å². The predicted molar refractivity (Wildman–Crippen MR) is 77.0 cm³/mol. The largest absolute Gasteiger partial charge is 0.477 e. The molecule has 1 heterocycles. The summed E-state index contributed by atoms with van der Waals surface area (Å²) in [6.07, 6.45) is 1.09. The van der Waals surface area contributed by atoms with Crippen molar-refractivity contribution in [3.8, 4) is 0 Å². The Balaban J connectivity index is 2.57. The lowest BCUT2D eigenvalue weighted by Crippen LogP contribution is -2.00. The molecule has 0 saturated heterocycles. The molecule has 5 heteroatoms. The van der Waals surface area contributed by atoms with E-state index in [1.54, 1.807) is 11.8 Å². The molecule has 0 atom stereocenters. The van der Waals surface area contributed by atoms with Gasteiger partial charge in [0, 0.05) is 15.2 Å². The van der Waals surface area contributed by atoms with Crippen molar-refractivity contribution in [3.05, 3.63) is 30.0 Å². The van der Waals surface area contributed by atoms with E-state index in [0.29, 0.717) is 10.4 Å². The number of carboxylic acid groups (broad SMARTS) is 1. The van der Waals surface area contributed by atoms with E-state index in [0.717, 1.165) is 22.5 Å². The molecule has 0 saturated carbocycles. The minimum Gasteiger partial charge on any atom is -0.477 e. The molecule has 2 rings (SSSR count). The highest BCUT2D eigenvalue weighted by Gasteiger charge is 2.10. The number of fused-ring (bicyclic) bond motifs is 1. The van der Waals surface area contributed by atoms with E-state index in [-0.39, 0.29) is 5.69 Å². The van der Waals surface area contributed by atoms with Crippen molar-refractivity contribution in [2.24, 2.45) is 0 Å². The highest BCUT2D eigenvalue weighted by molar-refractivity contribution is 7.99. The topological polar surface area (TPSA) is 50.2 Å². The molecule has 18 heavy (non-hydrogen) atoms. The van der Waals surface area contributed by atoms with Crippen LogP contribution in [0.15, 0.2) is 34.1 Å². The Kier molecular flexibility index (Phi) is 4.14. The van der Waals surface area contributed by atoms with Crippen LogP contribution in [0.25, 0.3) is 10.9 Å². The van der Waals surface area contributed by atoms with Crippen molar-refractivity contribution >= 4 is 41.3 Å². The highest BCUT2D eigenvalue weighted by Crippen LogP contribution is 2.31. The number of carboxylic acids is 1. The summed E-state index contributed by atoms with van der Waals surface area (Å²) in [7, 11) is 0. The summed E-state index contributed by atoms with van der Waals surface area (Å²) >= 11 is 6.09. The van der Waals surface area contributed by atoms with Crippen LogP contribution in [0.3, 0.4) is 0 Å². The van der Waals surface area contributed by atoms with E-state index >= 15 is 0 Å². The van der Waals surface area contributed by atoms with Gasteiger partial charge in [-0.3, -0.25) is 0 Å². The number of thioether (sulfide) groups is 1. The fourth-order valence-corrected chi connectivity index (χ4v) is 2.79. The standard InChI is InChI=1S/C13H13NO2S2/c1-2-7-18-11-6-5-10(17)12-8(11)3-4-9(14-12)13(15)16/h3-6,17H,2,7H2,1H3,(H,15,16). The maximum Gasteiger partial charge on any atom is 0.354 e. The number of pyridine rings is 1. The molecule has 94 valence electrons. The van der Waals surface area contributed by atoms with Crippen molar-refractivity contribution in [1.82, 2.24) is 4.98 Å². The molecule has 3 nitrogen and oxygen atoms in total. The molecule has 0 aliphatic carbocycles. The van der Waals surface area contributed by atoms with E-state index in [9.17, 15) is 4.79 Å². The number of aromatic nitrogens is 1. The van der Waals surface area contributed by atoms with Crippen molar-refractivity contribution in [3.63, 3.8) is 0 Å². The lowest BCUT2D eigenvalue weighted by molar-refractivity contribution is 0.0691. The lowest BCUT2D eigenvalue weighted by Gasteiger charge is -2.07. The summed E-state index contributed by atoms with van der Waals surface area (Å²) in [5.41, 5.74) is 0.703. The van der Waals surface area contributed by atoms with Gasteiger partial charge in [-0.2, -0.15) is 0 Å². The van der Waals surface area contributed by atoms with Gasteiger partial charge >= 0.3 is 5.97 Å². The van der Waals surface area contributed by atoms with Crippen LogP contribution in [-0.2, 0) is 0 Å². The fraction of sp³-hybridized carbons (Fsp3) is 0.231. The van der Waals surface area contributed by atoms with Gasteiger partial charge in [-0.15, -0.1) is 24.4 Å². The van der Waals surface area contributed by atoms with Crippen molar-refractivity contribution in [2.45, 2.75) is 23.1 Å². The van der Waals surface area contributed by atoms with E-state index in [4.69, 9.17) is 5.11 Å². The molecule has 0 unspecified atom stereocenters. The molecule has 0 radical (unpaired) electrons. The first kappa shape index (κ1) is 13.2. The Morgan fingerprint density at radius 1 is 1.39 bits per heavy atom. The number of hydrogen-bond donors (Lipinski definition) is 2. The first-order valence-electron chi connectivity index (χ1n) is 5.62. The number of nitrogens with zero attached hydrogens (tertiary/aromatic N) is 1. The van der Waals surface area contributed by atoms with Gasteiger partial charge in [0.1, 0.15) is 5.69 Å². The number of hydrogen-bond acceptors (Lipinski definition) is 4. The van der Waals surface area contributed by atoms with E-state index in [1.165, 1.54) is 6.07 Å². The Bertz CT molecular complexity index is 599. The van der Waals surface area contributed by atoms with Crippen molar-refractivity contribution < 1.29 is 9.90 Å². The van der Waals surface area contributed by atoms with Crippen LogP contribution < -0.4 is 0 Å². The third-order valence-electron chi connectivity index (χ3n) is 2.48. The average Bonchev–Trinajstić information content (AvgIpc) is 2.37. The highest BCUT2D eigenvalue weighted by atomic mass is 32.2. The summed E-state index contributed by atoms with van der Waals surface area (Å²) in [6, 6.07) is 7.21. The SMILES string of the molecule is CCCSc1ccc(S)c2nc(C(=O)O)ccc12. The molecule has 2 aromatic rings. The second-order valence-corrected chi connectivity index (χ2v) is 5.45. The Morgan fingerprint density at radius 2 is 2.17 bits per heavy atom. The summed E-state index contributed by atoms with van der Waals surface area (Å²) in [4.78, 5) is 16.9. The molecule has 1 aromatic carbocycles. The van der Waals surface area contributed by atoms with Gasteiger partial charge < -0.3 is 5.11 Å². The number of benzene rings is 1. The first-order valence-corrected chi connectivity index (χ1v) is 7.05. The molecule has 0 aliphatic heterocycles. The molecule has 0 bridgehead atoms. The maximum absolute atomic E-state index is 10.9. The Hall–Kier alpha value is -1.20. The third-order valence-corrected chi connectivity index (χ3v) is 4.12. The number of aromatic carboxylic acids is 1. The van der Waals surface area contributed by atoms with E-state index < -0.39 is 5.97 Å². The summed E-state index contributed by atoms with van der Waals surface area (Å²) in [5.74, 6) is 0.0121. The number of carbonyl (C=O) groups is 1. The van der Waals surface area contributed by atoms with Gasteiger partial charge in [-0.1, -0.05) is 6.92 Å². The van der Waals surface area contributed by atoms with Gasteiger partial charge in [0.25, 0.3) is 0 Å². The summed E-state index contributed by atoms with van der Waals surface area (Å²) in [6.45, 7) is 2.13. The second-order valence-electron chi connectivity index (χ2n) is 3.83. The zero-order valence-electron chi connectivity index (χ0n) is 9.88. The molecule has 1 N–H and O–H groups in total. The van der Waals surface area contributed by atoms with Crippen LogP contribution in [0.2, 0.25) is 0 Å². The van der Waals surface area contributed by atoms with Crippen LogP contribution in [0, 0.1) is 0 Å². The number of thiol groups is 1. The van der Waals surface area contributed by atoms with Gasteiger partial charge in [-0.05, 0) is 36.4 Å². The average molecular weight is 279 g/mol. The summed E-state index contributed by atoms with van der Waals surface area (Å²) in [5, 5.41) is 9.92. The number of rotatable bonds is 4. The third kappa shape index (κ3) is 2.62. The minimum absolute atomic E-state index is 0.0513. The second kappa shape index (κ2) is 5.63. The summed E-state index contributed by atoms with van der Waals surface area (Å²) < 4.78 is 0. The van der Waals surface area contributed by atoms with Gasteiger partial charge in [0.15, 0.2) is 0 Å².